The van der Waals surface area contributed by atoms with Gasteiger partial charge in [0.15, 0.2) is 5.69 Å². The van der Waals surface area contributed by atoms with Crippen LogP contribution in [-0.2, 0) is 13.1 Å². The Balaban J connectivity index is 1.50. The van der Waals surface area contributed by atoms with Crippen LogP contribution in [0, 0.1) is 16.7 Å². The molecule has 2 aromatic heterocycles. The van der Waals surface area contributed by atoms with Crippen molar-refractivity contribution in [3.63, 3.8) is 0 Å². The summed E-state index contributed by atoms with van der Waals surface area (Å²) in [4.78, 5) is 36.5. The number of rotatable bonds is 6. The summed E-state index contributed by atoms with van der Waals surface area (Å²) in [5, 5.41) is 22.7. The summed E-state index contributed by atoms with van der Waals surface area (Å²) in [5.41, 5.74) is 2.54. The van der Waals surface area contributed by atoms with Crippen molar-refractivity contribution >= 4 is 23.1 Å². The van der Waals surface area contributed by atoms with Gasteiger partial charge in [-0.25, -0.2) is 9.78 Å². The lowest BCUT2D eigenvalue weighted by molar-refractivity contribution is 0.103. The first-order valence-electron chi connectivity index (χ1n) is 12.4. The molecule has 1 saturated heterocycles. The van der Waals surface area contributed by atoms with Crippen molar-refractivity contribution in [3.8, 4) is 6.07 Å². The highest BCUT2D eigenvalue weighted by Gasteiger charge is 2.21. The van der Waals surface area contributed by atoms with Crippen molar-refractivity contribution in [2.24, 2.45) is 5.41 Å². The lowest BCUT2D eigenvalue weighted by Gasteiger charge is -2.33. The molecule has 4 rings (SSSR count). The monoisotopic (exact) mass is 503 g/mol. The third-order valence-corrected chi connectivity index (χ3v) is 6.45. The molecule has 0 radical (unpaired) electrons. The van der Waals surface area contributed by atoms with Gasteiger partial charge >= 0.3 is 6.09 Å². The number of piperazine rings is 1. The molecule has 1 fully saturated rings. The molecule has 0 saturated carbocycles. The number of aromatic nitrogens is 3. The normalized spacial score (nSPS) is 15.4. The molecule has 37 heavy (non-hydrogen) atoms. The van der Waals surface area contributed by atoms with Crippen molar-refractivity contribution in [2.75, 3.05) is 31.5 Å². The zero-order valence-electron chi connectivity index (χ0n) is 21.7. The van der Waals surface area contributed by atoms with Crippen LogP contribution in [-0.4, -0.2) is 61.7 Å². The van der Waals surface area contributed by atoms with E-state index in [0.717, 1.165) is 17.7 Å². The average Bonchev–Trinajstić information content (AvgIpc) is 2.85. The van der Waals surface area contributed by atoms with Gasteiger partial charge in [0, 0.05) is 45.3 Å². The highest BCUT2D eigenvalue weighted by atomic mass is 16.4. The molecule has 1 aromatic carbocycles. The van der Waals surface area contributed by atoms with Gasteiger partial charge in [-0.1, -0.05) is 45.0 Å². The van der Waals surface area contributed by atoms with Crippen LogP contribution in [0.25, 0.3) is 11.0 Å². The molecule has 0 spiro atoms. The minimum Gasteiger partial charge on any atom is -0.465 e. The predicted molar refractivity (Wildman–Crippen MR) is 141 cm³/mol. The van der Waals surface area contributed by atoms with Crippen LogP contribution >= 0.6 is 0 Å². The second kappa shape index (κ2) is 10.6. The van der Waals surface area contributed by atoms with E-state index in [1.807, 2.05) is 39.8 Å². The minimum atomic E-state index is -0.861. The van der Waals surface area contributed by atoms with Crippen LogP contribution in [0.15, 0.2) is 41.2 Å². The van der Waals surface area contributed by atoms with Crippen LogP contribution < -0.4 is 10.9 Å². The summed E-state index contributed by atoms with van der Waals surface area (Å²) in [6, 6.07) is 13.3. The number of carbonyl (C=O) groups is 1. The Kier molecular flexibility index (Phi) is 7.45. The number of fused-ring (bicyclic) bond motifs is 1. The van der Waals surface area contributed by atoms with E-state index in [2.05, 4.69) is 38.4 Å². The highest BCUT2D eigenvalue weighted by molar-refractivity contribution is 5.81. The minimum absolute atomic E-state index is 0.136. The first kappa shape index (κ1) is 26.1. The van der Waals surface area contributed by atoms with E-state index >= 15 is 0 Å². The Hall–Kier alpha value is -3.97. The maximum atomic E-state index is 12.7. The van der Waals surface area contributed by atoms with Gasteiger partial charge in [-0.05, 0) is 29.5 Å². The van der Waals surface area contributed by atoms with E-state index < -0.39 is 6.09 Å². The molecule has 1 aliphatic heterocycles. The standard InChI is InChI=1S/C27H33N7O3/c1-18(20-7-5-19(6-8-20)16-32-11-13-33(14-12-32)26(36)37)29-25-30-22(15-28)21-9-10-23(35)34(24(21)31-25)17-27(2,3)4/h5-10,18H,11-14,16-17H2,1-4H3,(H,36,37)(H,29,30,31)/t18-/m0/s1. The molecule has 0 aliphatic carbocycles. The molecular formula is C27H33N7O3. The van der Waals surface area contributed by atoms with E-state index in [9.17, 15) is 14.9 Å². The van der Waals surface area contributed by atoms with Crippen molar-refractivity contribution in [1.82, 2.24) is 24.3 Å². The van der Waals surface area contributed by atoms with Gasteiger partial charge in [-0.3, -0.25) is 14.3 Å². The quantitative estimate of drug-likeness (QED) is 0.522. The van der Waals surface area contributed by atoms with E-state index in [-0.39, 0.29) is 22.7 Å². The molecule has 10 heteroatoms. The Labute approximate surface area is 216 Å². The number of hydrogen-bond donors (Lipinski definition) is 2. The van der Waals surface area contributed by atoms with Crippen LogP contribution in [0.5, 0.6) is 0 Å². The SMILES string of the molecule is C[C@H](Nc1nc(C#N)c2ccc(=O)n(CC(C)(C)C)c2n1)c1ccc(CN2CCN(C(=O)O)CC2)cc1. The first-order chi connectivity index (χ1) is 17.5. The Morgan fingerprint density at radius 2 is 1.78 bits per heavy atom. The van der Waals surface area contributed by atoms with Gasteiger partial charge in [0.1, 0.15) is 11.7 Å². The predicted octanol–water partition coefficient (Wildman–Crippen LogP) is 3.68. The van der Waals surface area contributed by atoms with Crippen LogP contribution in [0.3, 0.4) is 0 Å². The van der Waals surface area contributed by atoms with E-state index in [1.54, 1.807) is 10.6 Å². The van der Waals surface area contributed by atoms with E-state index in [1.165, 1.54) is 11.0 Å². The maximum Gasteiger partial charge on any atom is 0.407 e. The molecule has 0 bridgehead atoms. The number of nitriles is 1. The fourth-order valence-electron chi connectivity index (χ4n) is 4.49. The number of amides is 1. The number of hydrogen-bond acceptors (Lipinski definition) is 7. The summed E-state index contributed by atoms with van der Waals surface area (Å²) >= 11 is 0. The Bertz CT molecular complexity index is 1380. The van der Waals surface area contributed by atoms with Crippen molar-refractivity contribution in [2.45, 2.75) is 46.8 Å². The number of carboxylic acid groups (broad SMARTS) is 1. The highest BCUT2D eigenvalue weighted by Crippen LogP contribution is 2.23. The Morgan fingerprint density at radius 1 is 1.11 bits per heavy atom. The van der Waals surface area contributed by atoms with E-state index in [4.69, 9.17) is 5.11 Å². The lowest BCUT2D eigenvalue weighted by Crippen LogP contribution is -2.47. The molecule has 1 amide bonds. The number of nitrogens with zero attached hydrogens (tertiary/aromatic N) is 6. The number of nitrogens with one attached hydrogen (secondary N) is 1. The van der Waals surface area contributed by atoms with Crippen LogP contribution in [0.1, 0.15) is 50.6 Å². The third kappa shape index (κ3) is 6.24. The van der Waals surface area contributed by atoms with E-state index in [0.29, 0.717) is 49.7 Å². The van der Waals surface area contributed by atoms with Gasteiger partial charge in [-0.15, -0.1) is 0 Å². The summed E-state index contributed by atoms with van der Waals surface area (Å²) in [5.74, 6) is 0.296. The van der Waals surface area contributed by atoms with Crippen molar-refractivity contribution in [1.29, 1.82) is 5.26 Å². The summed E-state index contributed by atoms with van der Waals surface area (Å²) in [6.07, 6.45) is -0.861. The maximum absolute atomic E-state index is 12.7. The van der Waals surface area contributed by atoms with Gasteiger partial charge in [-0.2, -0.15) is 10.2 Å². The summed E-state index contributed by atoms with van der Waals surface area (Å²) in [6.45, 7) is 11.8. The van der Waals surface area contributed by atoms with Crippen molar-refractivity contribution in [3.05, 3.63) is 63.6 Å². The molecule has 0 unspecified atom stereocenters. The summed E-state index contributed by atoms with van der Waals surface area (Å²) < 4.78 is 1.61. The Morgan fingerprint density at radius 3 is 2.38 bits per heavy atom. The number of anilines is 1. The molecule has 194 valence electrons. The molecular weight excluding hydrogens is 470 g/mol. The lowest BCUT2D eigenvalue weighted by atomic mass is 9.96. The second-order valence-corrected chi connectivity index (χ2v) is 10.7. The summed E-state index contributed by atoms with van der Waals surface area (Å²) in [7, 11) is 0. The molecule has 10 nitrogen and oxygen atoms in total. The zero-order chi connectivity index (χ0) is 26.7. The van der Waals surface area contributed by atoms with Crippen LogP contribution in [0.4, 0.5) is 10.7 Å². The number of pyridine rings is 1. The van der Waals surface area contributed by atoms with Gasteiger partial charge in [0.25, 0.3) is 5.56 Å². The van der Waals surface area contributed by atoms with Crippen LogP contribution in [0.2, 0.25) is 0 Å². The van der Waals surface area contributed by atoms with Gasteiger partial charge in [0.05, 0.1) is 11.4 Å². The fraction of sp³-hybridized carbons (Fsp3) is 0.444. The molecule has 1 atom stereocenters. The second-order valence-electron chi connectivity index (χ2n) is 10.7. The van der Waals surface area contributed by atoms with Gasteiger partial charge in [0.2, 0.25) is 5.95 Å². The topological polar surface area (TPSA) is 127 Å². The largest absolute Gasteiger partial charge is 0.465 e. The van der Waals surface area contributed by atoms with Crippen molar-refractivity contribution < 1.29 is 9.90 Å². The smallest absolute Gasteiger partial charge is 0.407 e. The zero-order valence-corrected chi connectivity index (χ0v) is 21.7. The number of benzene rings is 1. The average molecular weight is 504 g/mol. The van der Waals surface area contributed by atoms with Gasteiger partial charge < -0.3 is 15.3 Å². The molecule has 3 aromatic rings. The first-order valence-corrected chi connectivity index (χ1v) is 12.4. The third-order valence-electron chi connectivity index (χ3n) is 6.45. The molecule has 1 aliphatic rings. The molecule has 2 N–H and O–H groups in total. The molecule has 3 heterocycles. The fourth-order valence-corrected chi connectivity index (χ4v) is 4.49.